The van der Waals surface area contributed by atoms with Crippen molar-refractivity contribution in [3.05, 3.63) is 33.1 Å². The Hall–Kier alpha value is -0.400. The highest BCUT2D eigenvalue weighted by molar-refractivity contribution is 14.1. The monoisotopic (exact) mass is 372 g/mol. The van der Waals surface area contributed by atoms with E-state index in [0.29, 0.717) is 16.7 Å². The molecular formula is C11H15ClFIN2O. The maximum Gasteiger partial charge on any atom is 0.255 e. The van der Waals surface area contributed by atoms with Crippen LogP contribution in [0.15, 0.2) is 18.2 Å². The van der Waals surface area contributed by atoms with Crippen molar-refractivity contribution < 1.29 is 9.18 Å². The molecule has 2 N–H and O–H groups in total. The average Bonchev–Trinajstić information content (AvgIpc) is 2.24. The van der Waals surface area contributed by atoms with Crippen LogP contribution in [0.2, 0.25) is 0 Å². The van der Waals surface area contributed by atoms with Gasteiger partial charge in [0.2, 0.25) is 0 Å². The van der Waals surface area contributed by atoms with Gasteiger partial charge in [0.05, 0.1) is 5.56 Å². The lowest BCUT2D eigenvalue weighted by molar-refractivity contribution is 0.0949. The second-order valence-corrected chi connectivity index (χ2v) is 4.37. The third kappa shape index (κ3) is 5.18. The fourth-order valence-corrected chi connectivity index (χ4v) is 1.95. The number of carbonyl (C=O) groups is 1. The molecule has 1 rings (SSSR count). The van der Waals surface area contributed by atoms with Crippen molar-refractivity contribution in [1.82, 2.24) is 10.6 Å². The second kappa shape index (κ2) is 8.66. The number of halogens is 3. The maximum absolute atomic E-state index is 13.4. The zero-order valence-corrected chi connectivity index (χ0v) is 12.4. The SMILES string of the molecule is CCNCCNC(=O)c1c(F)cccc1I.Cl. The van der Waals surface area contributed by atoms with Crippen LogP contribution < -0.4 is 10.6 Å². The molecule has 1 aromatic rings. The Bertz CT molecular complexity index is 356. The molecule has 0 atom stereocenters. The molecule has 0 aliphatic heterocycles. The van der Waals surface area contributed by atoms with E-state index in [1.807, 2.05) is 29.5 Å². The van der Waals surface area contributed by atoms with E-state index in [1.54, 1.807) is 12.1 Å². The number of amides is 1. The lowest BCUT2D eigenvalue weighted by atomic mass is 10.2. The molecular weight excluding hydrogens is 357 g/mol. The van der Waals surface area contributed by atoms with Crippen LogP contribution in [0, 0.1) is 9.39 Å². The Labute approximate surface area is 120 Å². The molecule has 17 heavy (non-hydrogen) atoms. The van der Waals surface area contributed by atoms with E-state index in [0.717, 1.165) is 6.54 Å². The van der Waals surface area contributed by atoms with Gasteiger partial charge in [-0.15, -0.1) is 12.4 Å². The minimum absolute atomic E-state index is 0. The van der Waals surface area contributed by atoms with Crippen molar-refractivity contribution in [2.24, 2.45) is 0 Å². The number of rotatable bonds is 5. The molecule has 1 amide bonds. The van der Waals surface area contributed by atoms with Crippen LogP contribution in [0.1, 0.15) is 17.3 Å². The summed E-state index contributed by atoms with van der Waals surface area (Å²) in [5.74, 6) is -0.840. The van der Waals surface area contributed by atoms with Crippen LogP contribution in [-0.4, -0.2) is 25.5 Å². The summed E-state index contributed by atoms with van der Waals surface area (Å²) in [7, 11) is 0. The van der Waals surface area contributed by atoms with Gasteiger partial charge in [-0.05, 0) is 41.3 Å². The smallest absolute Gasteiger partial charge is 0.255 e. The number of benzene rings is 1. The Morgan fingerprint density at radius 1 is 1.41 bits per heavy atom. The van der Waals surface area contributed by atoms with E-state index < -0.39 is 5.82 Å². The lowest BCUT2D eigenvalue weighted by Gasteiger charge is -2.07. The van der Waals surface area contributed by atoms with E-state index in [9.17, 15) is 9.18 Å². The van der Waals surface area contributed by atoms with Gasteiger partial charge in [0, 0.05) is 16.7 Å². The van der Waals surface area contributed by atoms with Gasteiger partial charge in [0.1, 0.15) is 5.82 Å². The summed E-state index contributed by atoms with van der Waals surface area (Å²) in [6.07, 6.45) is 0. The molecule has 0 radical (unpaired) electrons. The molecule has 0 bridgehead atoms. The van der Waals surface area contributed by atoms with Crippen LogP contribution in [0.4, 0.5) is 4.39 Å². The molecule has 0 fully saturated rings. The minimum Gasteiger partial charge on any atom is -0.351 e. The predicted molar refractivity (Wildman–Crippen MR) is 77.2 cm³/mol. The molecule has 0 aliphatic carbocycles. The molecule has 0 aromatic heterocycles. The van der Waals surface area contributed by atoms with Gasteiger partial charge in [-0.25, -0.2) is 4.39 Å². The Morgan fingerprint density at radius 3 is 2.71 bits per heavy atom. The number of likely N-dealkylation sites (N-methyl/N-ethyl adjacent to an activating group) is 1. The molecule has 1 aromatic carbocycles. The topological polar surface area (TPSA) is 41.1 Å². The van der Waals surface area contributed by atoms with Crippen LogP contribution in [0.5, 0.6) is 0 Å². The summed E-state index contributed by atoms with van der Waals surface area (Å²) in [6, 6.07) is 4.59. The molecule has 0 saturated heterocycles. The van der Waals surface area contributed by atoms with Crippen molar-refractivity contribution in [2.45, 2.75) is 6.92 Å². The van der Waals surface area contributed by atoms with E-state index in [4.69, 9.17) is 0 Å². The number of hydrogen-bond acceptors (Lipinski definition) is 2. The standard InChI is InChI=1S/C11H14FIN2O.ClH/c1-2-14-6-7-15-11(16)10-8(12)4-3-5-9(10)13;/h3-5,14H,2,6-7H2,1H3,(H,15,16);1H. The maximum atomic E-state index is 13.4. The first-order chi connectivity index (χ1) is 7.66. The molecule has 0 heterocycles. The van der Waals surface area contributed by atoms with Gasteiger partial charge >= 0.3 is 0 Å². The third-order valence-electron chi connectivity index (χ3n) is 2.03. The summed E-state index contributed by atoms with van der Waals surface area (Å²) in [4.78, 5) is 11.7. The van der Waals surface area contributed by atoms with Crippen LogP contribution in [0.3, 0.4) is 0 Å². The largest absolute Gasteiger partial charge is 0.351 e. The zero-order chi connectivity index (χ0) is 12.0. The quantitative estimate of drug-likeness (QED) is 0.614. The lowest BCUT2D eigenvalue weighted by Crippen LogP contribution is -2.32. The summed E-state index contributed by atoms with van der Waals surface area (Å²) >= 11 is 1.95. The van der Waals surface area contributed by atoms with E-state index in [-0.39, 0.29) is 23.9 Å². The summed E-state index contributed by atoms with van der Waals surface area (Å²) in [6.45, 7) is 4.03. The highest BCUT2D eigenvalue weighted by atomic mass is 127. The van der Waals surface area contributed by atoms with Crippen molar-refractivity contribution in [2.75, 3.05) is 19.6 Å². The first-order valence-corrected chi connectivity index (χ1v) is 6.17. The number of carbonyl (C=O) groups excluding carboxylic acids is 1. The molecule has 0 aliphatic rings. The molecule has 3 nitrogen and oxygen atoms in total. The van der Waals surface area contributed by atoms with E-state index >= 15 is 0 Å². The fourth-order valence-electron chi connectivity index (χ4n) is 1.24. The fraction of sp³-hybridized carbons (Fsp3) is 0.364. The van der Waals surface area contributed by atoms with Crippen molar-refractivity contribution >= 4 is 40.9 Å². The molecule has 0 spiro atoms. The Morgan fingerprint density at radius 2 is 2.12 bits per heavy atom. The second-order valence-electron chi connectivity index (χ2n) is 3.21. The van der Waals surface area contributed by atoms with Crippen LogP contribution in [-0.2, 0) is 0 Å². The normalized spacial score (nSPS) is 9.59. The van der Waals surface area contributed by atoms with Gasteiger partial charge in [-0.3, -0.25) is 4.79 Å². The van der Waals surface area contributed by atoms with Crippen molar-refractivity contribution in [3.63, 3.8) is 0 Å². The van der Waals surface area contributed by atoms with Gasteiger partial charge in [-0.2, -0.15) is 0 Å². The molecule has 0 saturated carbocycles. The number of nitrogens with one attached hydrogen (secondary N) is 2. The third-order valence-corrected chi connectivity index (χ3v) is 2.93. The van der Waals surface area contributed by atoms with E-state index in [1.165, 1.54) is 6.07 Å². The predicted octanol–water partition coefficient (Wildman–Crippen LogP) is 2.19. The van der Waals surface area contributed by atoms with E-state index in [2.05, 4.69) is 10.6 Å². The van der Waals surface area contributed by atoms with Crippen LogP contribution in [0.25, 0.3) is 0 Å². The average molecular weight is 373 g/mol. The highest BCUT2D eigenvalue weighted by Crippen LogP contribution is 2.15. The first kappa shape index (κ1) is 16.6. The number of hydrogen-bond donors (Lipinski definition) is 2. The first-order valence-electron chi connectivity index (χ1n) is 5.09. The van der Waals surface area contributed by atoms with Crippen LogP contribution >= 0.6 is 35.0 Å². The van der Waals surface area contributed by atoms with Crippen molar-refractivity contribution in [3.8, 4) is 0 Å². The Kier molecular flexibility index (Phi) is 8.45. The minimum atomic E-state index is -0.479. The molecule has 6 heteroatoms. The molecule has 0 unspecified atom stereocenters. The molecule has 96 valence electrons. The Balaban J connectivity index is 0.00000256. The van der Waals surface area contributed by atoms with Gasteiger partial charge in [0.15, 0.2) is 0 Å². The summed E-state index contributed by atoms with van der Waals surface area (Å²) in [5.41, 5.74) is 0.125. The van der Waals surface area contributed by atoms with Gasteiger partial charge in [0.25, 0.3) is 5.91 Å². The summed E-state index contributed by atoms with van der Waals surface area (Å²) in [5, 5.41) is 5.74. The highest BCUT2D eigenvalue weighted by Gasteiger charge is 2.14. The summed E-state index contributed by atoms with van der Waals surface area (Å²) < 4.78 is 14.0. The zero-order valence-electron chi connectivity index (χ0n) is 9.43. The van der Waals surface area contributed by atoms with Gasteiger partial charge < -0.3 is 10.6 Å². The van der Waals surface area contributed by atoms with Crippen molar-refractivity contribution in [1.29, 1.82) is 0 Å². The van der Waals surface area contributed by atoms with Gasteiger partial charge in [-0.1, -0.05) is 13.0 Å².